The molecule has 0 saturated carbocycles. The van der Waals surface area contributed by atoms with Gasteiger partial charge in [0.2, 0.25) is 5.13 Å². The predicted molar refractivity (Wildman–Crippen MR) is 76.4 cm³/mol. The van der Waals surface area contributed by atoms with Crippen LogP contribution in [0.5, 0.6) is 0 Å². The lowest BCUT2D eigenvalue weighted by Gasteiger charge is -1.99. The number of amides is 1. The van der Waals surface area contributed by atoms with E-state index >= 15 is 0 Å². The molecule has 0 spiro atoms. The second-order valence-corrected chi connectivity index (χ2v) is 5.93. The smallest absolute Gasteiger partial charge is 0.252 e. The third-order valence-corrected chi connectivity index (χ3v) is 4.26. The highest BCUT2D eigenvalue weighted by Crippen LogP contribution is 2.28. The molecule has 5 nitrogen and oxygen atoms in total. The molecule has 106 valence electrons. The number of methoxy groups -OCH3 is 1. The molecular weight excluding hydrogens is 301 g/mol. The lowest BCUT2D eigenvalue weighted by molar-refractivity contribution is -0.119. The Hall–Kier alpha value is -1.51. The number of hydrogen-bond acceptors (Lipinski definition) is 6. The third-order valence-electron chi connectivity index (χ3n) is 2.24. The van der Waals surface area contributed by atoms with Crippen LogP contribution in [0.15, 0.2) is 28.6 Å². The summed E-state index contributed by atoms with van der Waals surface area (Å²) >= 11 is 2.61. The normalized spacial score (nSPS) is 10.5. The molecule has 0 bridgehead atoms. The van der Waals surface area contributed by atoms with Gasteiger partial charge in [-0.05, 0) is 11.6 Å². The standard InChI is InChI=1S/C12H12FN3O2S2/c1-18-6-10(17)14-11-15-16-12(20-11)19-7-8-4-2-3-5-9(8)13/h2-5H,6-7H2,1H3,(H,14,15,17). The zero-order valence-electron chi connectivity index (χ0n) is 10.6. The van der Waals surface area contributed by atoms with Crippen LogP contribution in [-0.2, 0) is 15.3 Å². The number of nitrogens with one attached hydrogen (secondary N) is 1. The molecule has 1 heterocycles. The van der Waals surface area contributed by atoms with Crippen LogP contribution >= 0.6 is 23.1 Å². The van der Waals surface area contributed by atoms with E-state index in [9.17, 15) is 9.18 Å². The van der Waals surface area contributed by atoms with Crippen molar-refractivity contribution in [2.75, 3.05) is 19.0 Å². The minimum absolute atomic E-state index is 0.0305. The van der Waals surface area contributed by atoms with Crippen LogP contribution < -0.4 is 5.32 Å². The summed E-state index contributed by atoms with van der Waals surface area (Å²) in [6.45, 7) is -0.0305. The van der Waals surface area contributed by atoms with E-state index in [1.54, 1.807) is 18.2 Å². The third kappa shape index (κ3) is 4.26. The number of nitrogens with zero attached hydrogens (tertiary/aromatic N) is 2. The molecule has 0 aliphatic rings. The zero-order valence-corrected chi connectivity index (χ0v) is 12.3. The van der Waals surface area contributed by atoms with Crippen molar-refractivity contribution >= 4 is 34.1 Å². The largest absolute Gasteiger partial charge is 0.375 e. The van der Waals surface area contributed by atoms with Crippen LogP contribution in [0.4, 0.5) is 9.52 Å². The summed E-state index contributed by atoms with van der Waals surface area (Å²) in [4.78, 5) is 11.3. The van der Waals surface area contributed by atoms with Gasteiger partial charge in [0.25, 0.3) is 5.91 Å². The Morgan fingerprint density at radius 2 is 2.25 bits per heavy atom. The van der Waals surface area contributed by atoms with E-state index in [0.717, 1.165) is 0 Å². The molecule has 0 saturated heterocycles. The number of benzene rings is 1. The van der Waals surface area contributed by atoms with Crippen LogP contribution in [0.3, 0.4) is 0 Å². The van der Waals surface area contributed by atoms with Crippen molar-refractivity contribution in [3.05, 3.63) is 35.6 Å². The number of halogens is 1. The maximum absolute atomic E-state index is 13.4. The summed E-state index contributed by atoms with van der Waals surface area (Å²) in [6.07, 6.45) is 0. The van der Waals surface area contributed by atoms with E-state index in [0.29, 0.717) is 20.8 Å². The molecule has 2 rings (SSSR count). The molecule has 0 unspecified atom stereocenters. The van der Waals surface area contributed by atoms with Crippen molar-refractivity contribution < 1.29 is 13.9 Å². The number of hydrogen-bond donors (Lipinski definition) is 1. The van der Waals surface area contributed by atoms with Gasteiger partial charge in [-0.25, -0.2) is 4.39 Å². The summed E-state index contributed by atoms with van der Waals surface area (Å²) in [6, 6.07) is 6.59. The number of carbonyl (C=O) groups is 1. The first-order chi connectivity index (χ1) is 9.69. The van der Waals surface area contributed by atoms with Gasteiger partial charge in [0.05, 0.1) is 0 Å². The van der Waals surface area contributed by atoms with Gasteiger partial charge in [-0.3, -0.25) is 10.1 Å². The number of aromatic nitrogens is 2. The highest BCUT2D eigenvalue weighted by atomic mass is 32.2. The van der Waals surface area contributed by atoms with Crippen LogP contribution in [0.1, 0.15) is 5.56 Å². The van der Waals surface area contributed by atoms with Gasteiger partial charge in [0.1, 0.15) is 12.4 Å². The fraction of sp³-hybridized carbons (Fsp3) is 0.250. The molecule has 2 aromatic rings. The Balaban J connectivity index is 1.90. The Labute approximate surface area is 123 Å². The summed E-state index contributed by atoms with van der Waals surface area (Å²) in [5.41, 5.74) is 0.609. The van der Waals surface area contributed by atoms with E-state index in [1.165, 1.54) is 36.3 Å². The second-order valence-electron chi connectivity index (χ2n) is 3.73. The van der Waals surface area contributed by atoms with Crippen molar-refractivity contribution in [2.24, 2.45) is 0 Å². The van der Waals surface area contributed by atoms with Crippen molar-refractivity contribution in [2.45, 2.75) is 10.1 Å². The van der Waals surface area contributed by atoms with Gasteiger partial charge >= 0.3 is 0 Å². The van der Waals surface area contributed by atoms with Crippen LogP contribution in [0.2, 0.25) is 0 Å². The summed E-state index contributed by atoms with van der Waals surface area (Å²) in [5.74, 6) is -0.0553. The fourth-order valence-electron chi connectivity index (χ4n) is 1.36. The Morgan fingerprint density at radius 3 is 3.00 bits per heavy atom. The highest BCUT2D eigenvalue weighted by Gasteiger charge is 2.09. The van der Waals surface area contributed by atoms with Crippen LogP contribution in [-0.4, -0.2) is 29.8 Å². The molecule has 0 fully saturated rings. The molecule has 20 heavy (non-hydrogen) atoms. The highest BCUT2D eigenvalue weighted by molar-refractivity contribution is 8.00. The quantitative estimate of drug-likeness (QED) is 0.656. The molecule has 1 aromatic heterocycles. The maximum atomic E-state index is 13.4. The first-order valence-corrected chi connectivity index (χ1v) is 7.47. The zero-order chi connectivity index (χ0) is 14.4. The number of thioether (sulfide) groups is 1. The van der Waals surface area contributed by atoms with E-state index in [2.05, 4.69) is 15.5 Å². The van der Waals surface area contributed by atoms with E-state index in [-0.39, 0.29) is 18.3 Å². The average molecular weight is 313 g/mol. The molecule has 1 aromatic carbocycles. The van der Waals surface area contributed by atoms with Gasteiger partial charge in [-0.2, -0.15) is 0 Å². The number of ether oxygens (including phenoxy) is 1. The topological polar surface area (TPSA) is 64.1 Å². The lowest BCUT2D eigenvalue weighted by atomic mass is 10.2. The van der Waals surface area contributed by atoms with E-state index < -0.39 is 0 Å². The van der Waals surface area contributed by atoms with Crippen molar-refractivity contribution in [3.8, 4) is 0 Å². The molecular formula is C12H12FN3O2S2. The summed E-state index contributed by atoms with van der Waals surface area (Å²) in [5, 5.41) is 10.7. The Morgan fingerprint density at radius 1 is 1.45 bits per heavy atom. The molecule has 0 atom stereocenters. The lowest BCUT2D eigenvalue weighted by Crippen LogP contribution is -2.16. The van der Waals surface area contributed by atoms with Crippen molar-refractivity contribution in [1.82, 2.24) is 10.2 Å². The minimum Gasteiger partial charge on any atom is -0.375 e. The monoisotopic (exact) mass is 313 g/mol. The van der Waals surface area contributed by atoms with E-state index in [1.807, 2.05) is 0 Å². The average Bonchev–Trinajstić information content (AvgIpc) is 2.85. The van der Waals surface area contributed by atoms with E-state index in [4.69, 9.17) is 4.74 Å². The van der Waals surface area contributed by atoms with Gasteiger partial charge < -0.3 is 4.74 Å². The van der Waals surface area contributed by atoms with Crippen molar-refractivity contribution in [3.63, 3.8) is 0 Å². The van der Waals surface area contributed by atoms with Crippen LogP contribution in [0, 0.1) is 5.82 Å². The number of anilines is 1. The second kappa shape index (κ2) is 7.32. The minimum atomic E-state index is -0.283. The van der Waals surface area contributed by atoms with Gasteiger partial charge in [-0.15, -0.1) is 10.2 Å². The molecule has 0 radical (unpaired) electrons. The maximum Gasteiger partial charge on any atom is 0.252 e. The molecule has 1 amide bonds. The van der Waals surface area contributed by atoms with Crippen molar-refractivity contribution in [1.29, 1.82) is 0 Å². The molecule has 1 N–H and O–H groups in total. The molecule has 0 aliphatic carbocycles. The predicted octanol–water partition coefficient (Wildman–Crippen LogP) is 2.55. The number of rotatable bonds is 6. The van der Waals surface area contributed by atoms with Gasteiger partial charge in [0, 0.05) is 12.9 Å². The first-order valence-electron chi connectivity index (χ1n) is 5.67. The first kappa shape index (κ1) is 14.9. The van der Waals surface area contributed by atoms with Gasteiger partial charge in [-0.1, -0.05) is 41.3 Å². The SMILES string of the molecule is COCC(=O)Nc1nnc(SCc2ccccc2F)s1. The molecule has 0 aliphatic heterocycles. The number of carbonyl (C=O) groups excluding carboxylic acids is 1. The fourth-order valence-corrected chi connectivity index (χ4v) is 3.11. The summed E-state index contributed by atoms with van der Waals surface area (Å²) in [7, 11) is 1.44. The Bertz CT molecular complexity index is 592. The Kier molecular flexibility index (Phi) is 5.45. The van der Waals surface area contributed by atoms with Crippen LogP contribution in [0.25, 0.3) is 0 Å². The molecule has 8 heteroatoms. The summed E-state index contributed by atoms with van der Waals surface area (Å²) < 4.78 is 18.8. The van der Waals surface area contributed by atoms with Gasteiger partial charge in [0.15, 0.2) is 4.34 Å².